The first-order chi connectivity index (χ1) is 9.82. The Morgan fingerprint density at radius 2 is 2.05 bits per heavy atom. The molecule has 1 heterocycles. The van der Waals surface area contributed by atoms with Gasteiger partial charge in [0.05, 0.1) is 17.8 Å². The fourth-order valence-electron chi connectivity index (χ4n) is 2.16. The summed E-state index contributed by atoms with van der Waals surface area (Å²) in [6.07, 6.45) is -0.939. The van der Waals surface area contributed by atoms with Gasteiger partial charge in [-0.05, 0) is 24.2 Å². The highest BCUT2D eigenvalue weighted by atomic mass is 79.9. The maximum atomic E-state index is 13.0. The molecule has 0 radical (unpaired) electrons. The first kappa shape index (κ1) is 16.0. The molecule has 7 heteroatoms. The minimum atomic E-state index is -4.39. The smallest absolute Gasteiger partial charge is 0.306 e. The maximum Gasteiger partial charge on any atom is 0.417 e. The van der Waals surface area contributed by atoms with Gasteiger partial charge in [-0.3, -0.25) is 4.68 Å². The Bertz CT molecular complexity index is 622. The average molecular weight is 362 g/mol. The normalized spacial score (nSPS) is 13.4. The average Bonchev–Trinajstić information content (AvgIpc) is 2.82. The van der Waals surface area contributed by atoms with E-state index in [1.807, 2.05) is 6.92 Å². The lowest BCUT2D eigenvalue weighted by Gasteiger charge is -2.19. The predicted molar refractivity (Wildman–Crippen MR) is 77.9 cm³/mol. The summed E-state index contributed by atoms with van der Waals surface area (Å²) in [5.41, 5.74) is 0.710. The molecular formula is C14H15BrF3N3. The van der Waals surface area contributed by atoms with Crippen LogP contribution in [0, 0.1) is 0 Å². The summed E-state index contributed by atoms with van der Waals surface area (Å²) in [7, 11) is 1.77. The molecule has 0 saturated heterocycles. The summed E-state index contributed by atoms with van der Waals surface area (Å²) >= 11 is 2.96. The van der Waals surface area contributed by atoms with Crippen molar-refractivity contribution in [1.29, 1.82) is 0 Å². The predicted octanol–water partition coefficient (Wildman–Crippen LogP) is 3.90. The van der Waals surface area contributed by atoms with Crippen LogP contribution in [0.2, 0.25) is 0 Å². The number of aryl methyl sites for hydroxylation is 1. The molecule has 114 valence electrons. The molecule has 2 rings (SSSR count). The minimum Gasteiger partial charge on any atom is -0.306 e. The van der Waals surface area contributed by atoms with Gasteiger partial charge < -0.3 is 5.32 Å². The summed E-state index contributed by atoms with van der Waals surface area (Å²) in [5, 5.41) is 7.27. The summed E-state index contributed by atoms with van der Waals surface area (Å²) in [4.78, 5) is 0. The van der Waals surface area contributed by atoms with Crippen molar-refractivity contribution in [3.8, 4) is 0 Å². The van der Waals surface area contributed by atoms with Crippen molar-refractivity contribution >= 4 is 15.9 Å². The van der Waals surface area contributed by atoms with E-state index in [1.165, 1.54) is 12.1 Å². The molecule has 1 atom stereocenters. The molecule has 0 aliphatic heterocycles. The van der Waals surface area contributed by atoms with Crippen molar-refractivity contribution in [3.05, 3.63) is 51.8 Å². The van der Waals surface area contributed by atoms with Gasteiger partial charge >= 0.3 is 6.18 Å². The van der Waals surface area contributed by atoms with Crippen LogP contribution in [0.5, 0.6) is 0 Å². The third-order valence-corrected chi connectivity index (χ3v) is 3.79. The van der Waals surface area contributed by atoms with Crippen LogP contribution in [-0.2, 0) is 13.2 Å². The molecule has 0 aliphatic rings. The Kier molecular flexibility index (Phi) is 4.73. The molecule has 1 aromatic carbocycles. The lowest BCUT2D eigenvalue weighted by molar-refractivity contribution is -0.138. The summed E-state index contributed by atoms with van der Waals surface area (Å²) in [6, 6.07) is 3.96. The van der Waals surface area contributed by atoms with E-state index < -0.39 is 11.7 Å². The molecule has 21 heavy (non-hydrogen) atoms. The Balaban J connectivity index is 2.46. The molecule has 1 N–H and O–H groups in total. The van der Waals surface area contributed by atoms with Crippen LogP contribution >= 0.6 is 15.9 Å². The van der Waals surface area contributed by atoms with Gasteiger partial charge in [-0.25, -0.2) is 0 Å². The van der Waals surface area contributed by atoms with Gasteiger partial charge in [0.15, 0.2) is 0 Å². The van der Waals surface area contributed by atoms with Crippen LogP contribution in [0.4, 0.5) is 13.2 Å². The zero-order valence-electron chi connectivity index (χ0n) is 11.6. The second kappa shape index (κ2) is 6.19. The van der Waals surface area contributed by atoms with E-state index in [1.54, 1.807) is 30.2 Å². The van der Waals surface area contributed by atoms with E-state index in [2.05, 4.69) is 26.3 Å². The molecule has 1 unspecified atom stereocenters. The Hall–Kier alpha value is -1.34. The van der Waals surface area contributed by atoms with Gasteiger partial charge in [-0.2, -0.15) is 18.3 Å². The topological polar surface area (TPSA) is 29.9 Å². The lowest BCUT2D eigenvalue weighted by Crippen LogP contribution is -2.22. The van der Waals surface area contributed by atoms with Gasteiger partial charge in [0.1, 0.15) is 0 Å². The zero-order valence-corrected chi connectivity index (χ0v) is 13.2. The molecule has 0 bridgehead atoms. The summed E-state index contributed by atoms with van der Waals surface area (Å²) in [5.74, 6) is 0. The second-order valence-electron chi connectivity index (χ2n) is 4.68. The van der Waals surface area contributed by atoms with E-state index in [9.17, 15) is 13.2 Å². The number of halogens is 4. The molecule has 3 nitrogen and oxygen atoms in total. The zero-order chi connectivity index (χ0) is 15.6. The SMILES string of the molecule is CCNC(c1ccc(Br)c(C(F)(F)F)c1)c1cnn(C)c1. The third-order valence-electron chi connectivity index (χ3n) is 3.10. The summed E-state index contributed by atoms with van der Waals surface area (Å²) in [6.45, 7) is 2.55. The van der Waals surface area contributed by atoms with Crippen LogP contribution in [0.15, 0.2) is 35.1 Å². The van der Waals surface area contributed by atoms with Crippen molar-refractivity contribution in [2.45, 2.75) is 19.1 Å². The van der Waals surface area contributed by atoms with Crippen molar-refractivity contribution in [2.75, 3.05) is 6.54 Å². The second-order valence-corrected chi connectivity index (χ2v) is 5.53. The van der Waals surface area contributed by atoms with Crippen LogP contribution in [0.25, 0.3) is 0 Å². The number of nitrogens with one attached hydrogen (secondary N) is 1. The third kappa shape index (κ3) is 3.65. The highest BCUT2D eigenvalue weighted by Crippen LogP contribution is 2.37. The van der Waals surface area contributed by atoms with Crippen molar-refractivity contribution < 1.29 is 13.2 Å². The van der Waals surface area contributed by atoms with Gasteiger partial charge in [0.2, 0.25) is 0 Å². The highest BCUT2D eigenvalue weighted by Gasteiger charge is 2.33. The largest absolute Gasteiger partial charge is 0.417 e. The van der Waals surface area contributed by atoms with E-state index in [0.29, 0.717) is 12.1 Å². The number of rotatable bonds is 4. The van der Waals surface area contributed by atoms with Gasteiger partial charge in [0.25, 0.3) is 0 Å². The Labute approximate surface area is 129 Å². The first-order valence-corrected chi connectivity index (χ1v) is 7.20. The van der Waals surface area contributed by atoms with E-state index in [-0.39, 0.29) is 10.5 Å². The van der Waals surface area contributed by atoms with Crippen LogP contribution in [0.3, 0.4) is 0 Å². The van der Waals surface area contributed by atoms with Crippen molar-refractivity contribution in [1.82, 2.24) is 15.1 Å². The number of aromatic nitrogens is 2. The van der Waals surface area contributed by atoms with Crippen LogP contribution in [-0.4, -0.2) is 16.3 Å². The van der Waals surface area contributed by atoms with Gasteiger partial charge in [-0.15, -0.1) is 0 Å². The molecule has 0 saturated carbocycles. The lowest BCUT2D eigenvalue weighted by atomic mass is 9.99. The van der Waals surface area contributed by atoms with Crippen molar-refractivity contribution in [2.24, 2.45) is 7.05 Å². The first-order valence-electron chi connectivity index (χ1n) is 6.41. The van der Waals surface area contributed by atoms with Crippen LogP contribution < -0.4 is 5.32 Å². The number of alkyl halides is 3. The molecular weight excluding hydrogens is 347 g/mol. The fraction of sp³-hybridized carbons (Fsp3) is 0.357. The standard InChI is InChI=1S/C14H15BrF3N3/c1-3-19-13(10-7-20-21(2)8-10)9-4-5-12(15)11(6-9)14(16,17)18/h4-8,13,19H,3H2,1-2H3. The van der Waals surface area contributed by atoms with Gasteiger partial charge in [0, 0.05) is 23.3 Å². The van der Waals surface area contributed by atoms with E-state index in [4.69, 9.17) is 0 Å². The molecule has 2 aromatic rings. The molecule has 0 fully saturated rings. The highest BCUT2D eigenvalue weighted by molar-refractivity contribution is 9.10. The fourth-order valence-corrected chi connectivity index (χ4v) is 2.63. The number of hydrogen-bond donors (Lipinski definition) is 1. The monoisotopic (exact) mass is 361 g/mol. The Morgan fingerprint density at radius 3 is 2.57 bits per heavy atom. The number of benzene rings is 1. The van der Waals surface area contributed by atoms with Crippen LogP contribution in [0.1, 0.15) is 29.7 Å². The van der Waals surface area contributed by atoms with Gasteiger partial charge in [-0.1, -0.05) is 28.9 Å². The van der Waals surface area contributed by atoms with Crippen molar-refractivity contribution in [3.63, 3.8) is 0 Å². The molecule has 1 aromatic heterocycles. The minimum absolute atomic E-state index is 0.0418. The molecule has 0 spiro atoms. The van der Waals surface area contributed by atoms with E-state index in [0.717, 1.165) is 5.56 Å². The summed E-state index contributed by atoms with van der Waals surface area (Å²) < 4.78 is 40.7. The number of nitrogens with zero attached hydrogens (tertiary/aromatic N) is 2. The Morgan fingerprint density at radius 1 is 1.33 bits per heavy atom. The molecule has 0 amide bonds. The maximum absolute atomic E-state index is 13.0. The number of hydrogen-bond acceptors (Lipinski definition) is 2. The quantitative estimate of drug-likeness (QED) is 0.894. The molecule has 0 aliphatic carbocycles. The van der Waals surface area contributed by atoms with E-state index >= 15 is 0 Å².